The van der Waals surface area contributed by atoms with Crippen molar-refractivity contribution >= 4 is 0 Å². The summed E-state index contributed by atoms with van der Waals surface area (Å²) in [5.74, 6) is 1.36. The zero-order valence-corrected chi connectivity index (χ0v) is 9.00. The third kappa shape index (κ3) is 2.22. The fourth-order valence-electron chi connectivity index (χ4n) is 1.92. The molecular formula is C11H19NO. The van der Waals surface area contributed by atoms with Crippen molar-refractivity contribution in [2.24, 2.45) is 11.8 Å². The molecule has 0 aromatic rings. The predicted octanol–water partition coefficient (Wildman–Crippen LogP) is 2.74. The standard InChI is InChI=1S/C11H19NO/c1-8(2)10-5-11(6-10,7-12)13-9(3)4/h8-10H,5-6H2,1-4H3. The van der Waals surface area contributed by atoms with Gasteiger partial charge in [0, 0.05) is 0 Å². The molecule has 13 heavy (non-hydrogen) atoms. The summed E-state index contributed by atoms with van der Waals surface area (Å²) in [6, 6.07) is 2.31. The van der Waals surface area contributed by atoms with Crippen molar-refractivity contribution in [3.63, 3.8) is 0 Å². The van der Waals surface area contributed by atoms with Gasteiger partial charge in [0.1, 0.15) is 0 Å². The van der Waals surface area contributed by atoms with E-state index in [1.807, 2.05) is 13.8 Å². The molecule has 2 nitrogen and oxygen atoms in total. The number of hydrogen-bond donors (Lipinski definition) is 0. The first-order valence-electron chi connectivity index (χ1n) is 5.08. The van der Waals surface area contributed by atoms with Crippen LogP contribution in [0.3, 0.4) is 0 Å². The van der Waals surface area contributed by atoms with Gasteiger partial charge < -0.3 is 4.74 Å². The van der Waals surface area contributed by atoms with Gasteiger partial charge >= 0.3 is 0 Å². The molecule has 0 N–H and O–H groups in total. The van der Waals surface area contributed by atoms with Gasteiger partial charge in [-0.1, -0.05) is 13.8 Å². The molecule has 2 heteroatoms. The second-order valence-corrected chi connectivity index (χ2v) is 4.69. The lowest BCUT2D eigenvalue weighted by molar-refractivity contribution is -0.123. The highest BCUT2D eigenvalue weighted by Crippen LogP contribution is 2.44. The van der Waals surface area contributed by atoms with Gasteiger partial charge in [0.25, 0.3) is 0 Å². The number of hydrogen-bond acceptors (Lipinski definition) is 2. The van der Waals surface area contributed by atoms with E-state index in [1.54, 1.807) is 0 Å². The van der Waals surface area contributed by atoms with E-state index in [2.05, 4.69) is 19.9 Å². The molecule has 0 bridgehead atoms. The van der Waals surface area contributed by atoms with Gasteiger partial charge in [-0.2, -0.15) is 5.26 Å². The largest absolute Gasteiger partial charge is 0.357 e. The van der Waals surface area contributed by atoms with Gasteiger partial charge in [-0.3, -0.25) is 0 Å². The van der Waals surface area contributed by atoms with E-state index < -0.39 is 5.60 Å². The maximum Gasteiger partial charge on any atom is 0.155 e. The Labute approximate surface area is 80.9 Å². The molecule has 1 aliphatic carbocycles. The lowest BCUT2D eigenvalue weighted by atomic mass is 9.67. The fourth-order valence-corrected chi connectivity index (χ4v) is 1.92. The lowest BCUT2D eigenvalue weighted by Crippen LogP contribution is -2.48. The van der Waals surface area contributed by atoms with E-state index >= 15 is 0 Å². The predicted molar refractivity (Wildman–Crippen MR) is 52.1 cm³/mol. The maximum atomic E-state index is 9.01. The molecule has 0 spiro atoms. The summed E-state index contributed by atoms with van der Waals surface area (Å²) in [4.78, 5) is 0. The van der Waals surface area contributed by atoms with Crippen LogP contribution >= 0.6 is 0 Å². The molecular weight excluding hydrogens is 162 g/mol. The van der Waals surface area contributed by atoms with Gasteiger partial charge in [-0.25, -0.2) is 0 Å². The molecule has 0 unspecified atom stereocenters. The maximum absolute atomic E-state index is 9.01. The van der Waals surface area contributed by atoms with Crippen molar-refractivity contribution in [1.82, 2.24) is 0 Å². The zero-order chi connectivity index (χ0) is 10.1. The molecule has 0 heterocycles. The van der Waals surface area contributed by atoms with Crippen LogP contribution in [0.4, 0.5) is 0 Å². The van der Waals surface area contributed by atoms with Crippen LogP contribution in [0.5, 0.6) is 0 Å². The smallest absolute Gasteiger partial charge is 0.155 e. The second-order valence-electron chi connectivity index (χ2n) is 4.69. The van der Waals surface area contributed by atoms with Crippen molar-refractivity contribution in [2.45, 2.75) is 52.2 Å². The minimum Gasteiger partial charge on any atom is -0.357 e. The number of nitrogens with zero attached hydrogens (tertiary/aromatic N) is 1. The van der Waals surface area contributed by atoms with Crippen LogP contribution in [0.25, 0.3) is 0 Å². The molecule has 0 amide bonds. The fraction of sp³-hybridized carbons (Fsp3) is 0.909. The summed E-state index contributed by atoms with van der Waals surface area (Å²) in [7, 11) is 0. The Morgan fingerprint density at radius 1 is 1.31 bits per heavy atom. The Balaban J connectivity index is 2.47. The average Bonchev–Trinajstić information content (AvgIpc) is 1.94. The quantitative estimate of drug-likeness (QED) is 0.670. The first-order valence-corrected chi connectivity index (χ1v) is 5.08. The summed E-state index contributed by atoms with van der Waals surface area (Å²) < 4.78 is 5.64. The SMILES string of the molecule is CC(C)OC1(C#N)CC(C(C)C)C1. The van der Waals surface area contributed by atoms with Crippen LogP contribution in [0.2, 0.25) is 0 Å². The van der Waals surface area contributed by atoms with Crippen molar-refractivity contribution < 1.29 is 4.74 Å². The molecule has 0 aliphatic heterocycles. The highest BCUT2D eigenvalue weighted by Gasteiger charge is 2.47. The zero-order valence-electron chi connectivity index (χ0n) is 9.00. The van der Waals surface area contributed by atoms with Gasteiger partial charge in [-0.05, 0) is 38.5 Å². The van der Waals surface area contributed by atoms with Crippen LogP contribution in [-0.2, 0) is 4.74 Å². The Morgan fingerprint density at radius 3 is 2.15 bits per heavy atom. The van der Waals surface area contributed by atoms with Gasteiger partial charge in [-0.15, -0.1) is 0 Å². The van der Waals surface area contributed by atoms with Gasteiger partial charge in [0.05, 0.1) is 12.2 Å². The van der Waals surface area contributed by atoms with Crippen LogP contribution in [0.1, 0.15) is 40.5 Å². The van der Waals surface area contributed by atoms with E-state index in [9.17, 15) is 0 Å². The minimum atomic E-state index is -0.455. The topological polar surface area (TPSA) is 33.0 Å². The van der Waals surface area contributed by atoms with Crippen molar-refractivity contribution in [1.29, 1.82) is 5.26 Å². The average molecular weight is 181 g/mol. The Morgan fingerprint density at radius 2 is 1.85 bits per heavy atom. The molecule has 1 saturated carbocycles. The summed E-state index contributed by atoms with van der Waals surface area (Å²) in [5, 5.41) is 9.01. The van der Waals surface area contributed by atoms with Crippen molar-refractivity contribution in [3.05, 3.63) is 0 Å². The third-order valence-corrected chi connectivity index (χ3v) is 2.79. The number of ether oxygens (including phenoxy) is 1. The van der Waals surface area contributed by atoms with E-state index in [4.69, 9.17) is 10.00 Å². The molecule has 1 rings (SSSR count). The third-order valence-electron chi connectivity index (χ3n) is 2.79. The highest BCUT2D eigenvalue weighted by atomic mass is 16.5. The molecule has 1 fully saturated rings. The Hall–Kier alpha value is -0.550. The molecule has 74 valence electrons. The number of nitriles is 1. The molecule has 0 radical (unpaired) electrons. The highest BCUT2D eigenvalue weighted by molar-refractivity contribution is 5.11. The van der Waals surface area contributed by atoms with E-state index in [0.29, 0.717) is 11.8 Å². The van der Waals surface area contributed by atoms with E-state index in [1.165, 1.54) is 0 Å². The molecule has 1 aliphatic rings. The second kappa shape index (κ2) is 3.67. The monoisotopic (exact) mass is 181 g/mol. The Bertz CT molecular complexity index is 209. The van der Waals surface area contributed by atoms with E-state index in [-0.39, 0.29) is 6.10 Å². The van der Waals surface area contributed by atoms with Crippen LogP contribution < -0.4 is 0 Å². The van der Waals surface area contributed by atoms with Crippen molar-refractivity contribution in [2.75, 3.05) is 0 Å². The summed E-state index contributed by atoms with van der Waals surface area (Å²) >= 11 is 0. The molecule has 0 saturated heterocycles. The normalized spacial score (nSPS) is 33.2. The molecule has 0 aromatic heterocycles. The van der Waals surface area contributed by atoms with Crippen LogP contribution in [0, 0.1) is 23.2 Å². The van der Waals surface area contributed by atoms with E-state index in [0.717, 1.165) is 12.8 Å². The van der Waals surface area contributed by atoms with Crippen molar-refractivity contribution in [3.8, 4) is 6.07 Å². The first-order chi connectivity index (χ1) is 5.99. The Kier molecular flexibility index (Phi) is 2.98. The summed E-state index contributed by atoms with van der Waals surface area (Å²) in [5.41, 5.74) is -0.455. The van der Waals surface area contributed by atoms with Gasteiger partial charge in [0.2, 0.25) is 0 Å². The number of rotatable bonds is 3. The molecule has 0 aromatic carbocycles. The summed E-state index contributed by atoms with van der Waals surface area (Å²) in [6.07, 6.45) is 1.99. The lowest BCUT2D eigenvalue weighted by Gasteiger charge is -2.45. The summed E-state index contributed by atoms with van der Waals surface area (Å²) in [6.45, 7) is 8.40. The van der Waals surface area contributed by atoms with Gasteiger partial charge in [0.15, 0.2) is 5.60 Å². The minimum absolute atomic E-state index is 0.160. The first kappa shape index (κ1) is 10.5. The van der Waals surface area contributed by atoms with Crippen LogP contribution in [0.15, 0.2) is 0 Å². The molecule has 0 atom stereocenters. The van der Waals surface area contributed by atoms with Crippen LogP contribution in [-0.4, -0.2) is 11.7 Å².